The first kappa shape index (κ1) is 18.8. The van der Waals surface area contributed by atoms with Gasteiger partial charge in [-0.3, -0.25) is 9.78 Å². The SMILES string of the molecule is Cc1cc(NC(=O)c2nc3cc(C#N)ccc3n2Cc2ccc(Br)cc2)ccn1. The number of amides is 1. The van der Waals surface area contributed by atoms with Gasteiger partial charge in [0.1, 0.15) is 0 Å². The maximum absolute atomic E-state index is 13.0. The van der Waals surface area contributed by atoms with Gasteiger partial charge in [0.2, 0.25) is 5.82 Å². The molecule has 0 atom stereocenters. The summed E-state index contributed by atoms with van der Waals surface area (Å²) in [6, 6.07) is 18.8. The Balaban J connectivity index is 1.77. The van der Waals surface area contributed by atoms with E-state index in [1.165, 1.54) is 0 Å². The van der Waals surface area contributed by atoms with Crippen molar-refractivity contribution in [3.63, 3.8) is 0 Å². The van der Waals surface area contributed by atoms with Crippen molar-refractivity contribution in [3.8, 4) is 6.07 Å². The molecule has 0 fully saturated rings. The molecule has 0 saturated carbocycles. The van der Waals surface area contributed by atoms with Crippen molar-refractivity contribution in [2.45, 2.75) is 13.5 Å². The van der Waals surface area contributed by atoms with Crippen LogP contribution < -0.4 is 5.32 Å². The maximum Gasteiger partial charge on any atom is 0.291 e. The van der Waals surface area contributed by atoms with Crippen molar-refractivity contribution < 1.29 is 4.79 Å². The van der Waals surface area contributed by atoms with Crippen molar-refractivity contribution in [3.05, 3.63) is 87.9 Å². The van der Waals surface area contributed by atoms with Crippen molar-refractivity contribution in [2.75, 3.05) is 5.32 Å². The fourth-order valence-electron chi connectivity index (χ4n) is 3.12. The predicted molar refractivity (Wildman–Crippen MR) is 115 cm³/mol. The third-order valence-electron chi connectivity index (χ3n) is 4.49. The second-order valence-corrected chi connectivity index (χ2v) is 7.52. The lowest BCUT2D eigenvalue weighted by atomic mass is 10.2. The van der Waals surface area contributed by atoms with Crippen LogP contribution in [0.2, 0.25) is 0 Å². The number of anilines is 1. The van der Waals surface area contributed by atoms with E-state index in [0.29, 0.717) is 23.3 Å². The average molecular weight is 446 g/mol. The number of halogens is 1. The highest BCUT2D eigenvalue weighted by molar-refractivity contribution is 9.10. The molecule has 0 aliphatic carbocycles. The fraction of sp³-hybridized carbons (Fsp3) is 0.0909. The van der Waals surface area contributed by atoms with E-state index in [-0.39, 0.29) is 11.7 Å². The van der Waals surface area contributed by atoms with Gasteiger partial charge in [-0.2, -0.15) is 5.26 Å². The van der Waals surface area contributed by atoms with E-state index in [1.54, 1.807) is 30.5 Å². The van der Waals surface area contributed by atoms with Crippen molar-refractivity contribution in [1.29, 1.82) is 5.26 Å². The van der Waals surface area contributed by atoms with Gasteiger partial charge in [0.25, 0.3) is 5.91 Å². The Morgan fingerprint density at radius 2 is 1.97 bits per heavy atom. The van der Waals surface area contributed by atoms with Gasteiger partial charge in [-0.25, -0.2) is 4.98 Å². The van der Waals surface area contributed by atoms with Gasteiger partial charge in [0.15, 0.2) is 0 Å². The number of nitrogens with zero attached hydrogens (tertiary/aromatic N) is 4. The summed E-state index contributed by atoms with van der Waals surface area (Å²) in [5.74, 6) is -0.0325. The van der Waals surface area contributed by atoms with Gasteiger partial charge < -0.3 is 9.88 Å². The van der Waals surface area contributed by atoms with E-state index in [0.717, 1.165) is 21.2 Å². The Bertz CT molecular complexity index is 1250. The topological polar surface area (TPSA) is 83.6 Å². The lowest BCUT2D eigenvalue weighted by Crippen LogP contribution is -2.19. The average Bonchev–Trinajstić information content (AvgIpc) is 3.07. The number of nitriles is 1. The Kier molecular flexibility index (Phi) is 5.10. The number of rotatable bonds is 4. The summed E-state index contributed by atoms with van der Waals surface area (Å²) >= 11 is 3.44. The van der Waals surface area contributed by atoms with E-state index >= 15 is 0 Å². The molecule has 1 N–H and O–H groups in total. The van der Waals surface area contributed by atoms with Gasteiger partial charge in [-0.1, -0.05) is 28.1 Å². The molecule has 142 valence electrons. The van der Waals surface area contributed by atoms with Crippen molar-refractivity contribution in [1.82, 2.24) is 14.5 Å². The molecule has 2 aromatic carbocycles. The minimum Gasteiger partial charge on any atom is -0.319 e. The van der Waals surface area contributed by atoms with Crippen LogP contribution in [-0.2, 0) is 6.54 Å². The van der Waals surface area contributed by atoms with Crippen LogP contribution in [0.15, 0.2) is 65.3 Å². The summed E-state index contributed by atoms with van der Waals surface area (Å²) in [5, 5.41) is 12.1. The van der Waals surface area contributed by atoms with Gasteiger partial charge in [0.05, 0.1) is 22.7 Å². The summed E-state index contributed by atoms with van der Waals surface area (Å²) in [6.07, 6.45) is 1.65. The fourth-order valence-corrected chi connectivity index (χ4v) is 3.38. The summed E-state index contributed by atoms with van der Waals surface area (Å²) in [7, 11) is 0. The number of imidazole rings is 1. The monoisotopic (exact) mass is 445 g/mol. The highest BCUT2D eigenvalue weighted by atomic mass is 79.9. The summed E-state index contributed by atoms with van der Waals surface area (Å²) < 4.78 is 2.85. The third kappa shape index (κ3) is 4.03. The maximum atomic E-state index is 13.0. The predicted octanol–water partition coefficient (Wildman–Crippen LogP) is 4.67. The number of aromatic nitrogens is 3. The first-order valence-corrected chi connectivity index (χ1v) is 9.71. The number of carbonyl (C=O) groups excluding carboxylic acids is 1. The molecule has 0 unspecified atom stereocenters. The molecule has 29 heavy (non-hydrogen) atoms. The van der Waals surface area contributed by atoms with Crippen LogP contribution in [0.25, 0.3) is 11.0 Å². The highest BCUT2D eigenvalue weighted by Gasteiger charge is 2.19. The Labute approximate surface area is 176 Å². The van der Waals surface area contributed by atoms with E-state index < -0.39 is 0 Å². The smallest absolute Gasteiger partial charge is 0.291 e. The number of pyridine rings is 1. The van der Waals surface area contributed by atoms with Crippen LogP contribution in [0.4, 0.5) is 5.69 Å². The van der Waals surface area contributed by atoms with Crippen LogP contribution >= 0.6 is 15.9 Å². The molecule has 4 aromatic rings. The molecule has 0 bridgehead atoms. The van der Waals surface area contributed by atoms with Crippen molar-refractivity contribution >= 4 is 38.6 Å². The number of hydrogen-bond donors (Lipinski definition) is 1. The molecule has 1 amide bonds. The number of hydrogen-bond acceptors (Lipinski definition) is 4. The number of nitrogens with one attached hydrogen (secondary N) is 1. The van der Waals surface area contributed by atoms with Gasteiger partial charge in [-0.15, -0.1) is 0 Å². The molecule has 0 radical (unpaired) electrons. The normalized spacial score (nSPS) is 10.7. The molecule has 0 aliphatic heterocycles. The highest BCUT2D eigenvalue weighted by Crippen LogP contribution is 2.21. The van der Waals surface area contributed by atoms with Gasteiger partial charge in [-0.05, 0) is 55.0 Å². The Morgan fingerprint density at radius 3 is 2.69 bits per heavy atom. The first-order valence-electron chi connectivity index (χ1n) is 8.92. The zero-order chi connectivity index (χ0) is 20.4. The van der Waals surface area contributed by atoms with Gasteiger partial charge in [0, 0.05) is 28.6 Å². The number of aryl methyl sites for hydroxylation is 1. The van der Waals surface area contributed by atoms with Crippen LogP contribution in [0.5, 0.6) is 0 Å². The first-order chi connectivity index (χ1) is 14.0. The number of carbonyl (C=O) groups is 1. The van der Waals surface area contributed by atoms with Crippen LogP contribution in [0.3, 0.4) is 0 Å². The quantitative estimate of drug-likeness (QED) is 0.494. The number of fused-ring (bicyclic) bond motifs is 1. The second-order valence-electron chi connectivity index (χ2n) is 6.60. The minimum absolute atomic E-state index is 0.285. The van der Waals surface area contributed by atoms with E-state index in [9.17, 15) is 10.1 Å². The van der Waals surface area contributed by atoms with Crippen LogP contribution in [0, 0.1) is 18.3 Å². The lowest BCUT2D eigenvalue weighted by molar-refractivity contribution is 0.101. The summed E-state index contributed by atoms with van der Waals surface area (Å²) in [5.41, 5.74) is 4.40. The van der Waals surface area contributed by atoms with Crippen LogP contribution in [0.1, 0.15) is 27.4 Å². The molecule has 7 heteroatoms. The number of benzene rings is 2. The molecule has 0 spiro atoms. The molecular formula is C22H16BrN5O. The van der Waals surface area contributed by atoms with Crippen LogP contribution in [-0.4, -0.2) is 20.4 Å². The summed E-state index contributed by atoms with van der Waals surface area (Å²) in [4.78, 5) is 21.7. The molecular weight excluding hydrogens is 430 g/mol. The van der Waals surface area contributed by atoms with E-state index in [1.807, 2.05) is 41.8 Å². The lowest BCUT2D eigenvalue weighted by Gasteiger charge is -2.10. The van der Waals surface area contributed by atoms with E-state index in [2.05, 4.69) is 37.3 Å². The second kappa shape index (κ2) is 7.86. The molecule has 0 saturated heterocycles. The zero-order valence-electron chi connectivity index (χ0n) is 15.6. The van der Waals surface area contributed by atoms with Crippen molar-refractivity contribution in [2.24, 2.45) is 0 Å². The van der Waals surface area contributed by atoms with E-state index in [4.69, 9.17) is 0 Å². The standard InChI is InChI=1S/C22H16BrN5O/c1-14-10-18(8-9-25-14)26-22(29)21-27-19-11-16(12-24)4-7-20(19)28(21)13-15-2-5-17(23)6-3-15/h2-11H,13H2,1H3,(H,25,26,29). The minimum atomic E-state index is -0.317. The Hall–Kier alpha value is -3.50. The summed E-state index contributed by atoms with van der Waals surface area (Å²) in [6.45, 7) is 2.34. The molecule has 2 heterocycles. The zero-order valence-corrected chi connectivity index (χ0v) is 17.1. The Morgan fingerprint density at radius 1 is 1.17 bits per heavy atom. The molecule has 0 aliphatic rings. The molecule has 4 rings (SSSR count). The molecule has 2 aromatic heterocycles. The third-order valence-corrected chi connectivity index (χ3v) is 5.02. The van der Waals surface area contributed by atoms with Gasteiger partial charge >= 0.3 is 0 Å². The molecule has 6 nitrogen and oxygen atoms in total. The largest absolute Gasteiger partial charge is 0.319 e.